The van der Waals surface area contributed by atoms with E-state index in [4.69, 9.17) is 27.9 Å². The number of urea groups is 1. The Morgan fingerprint density at radius 1 is 1.41 bits per heavy atom. The Labute approximate surface area is 176 Å². The number of rotatable bonds is 6. The molecule has 2 aromatic heterocycles. The van der Waals surface area contributed by atoms with Gasteiger partial charge in [0.15, 0.2) is 0 Å². The van der Waals surface area contributed by atoms with E-state index >= 15 is 0 Å². The van der Waals surface area contributed by atoms with Crippen molar-refractivity contribution in [2.24, 2.45) is 11.6 Å². The zero-order valence-electron chi connectivity index (χ0n) is 15.8. The summed E-state index contributed by atoms with van der Waals surface area (Å²) < 4.78 is 5.27. The first-order chi connectivity index (χ1) is 13.9. The number of aromatic nitrogens is 2. The average Bonchev–Trinajstić information content (AvgIpc) is 3.04. The van der Waals surface area contributed by atoms with Crippen molar-refractivity contribution in [3.05, 3.63) is 52.4 Å². The molecule has 0 aliphatic rings. The Balaban J connectivity index is 1.79. The van der Waals surface area contributed by atoms with Crippen molar-refractivity contribution >= 4 is 56.4 Å². The Kier molecular flexibility index (Phi) is 6.49. The van der Waals surface area contributed by atoms with Crippen molar-refractivity contribution in [1.29, 1.82) is 0 Å². The minimum absolute atomic E-state index is 0.291. The number of carbonyl (C=O) groups excluding carboxylic acids is 1. The first-order valence-corrected chi connectivity index (χ1v) is 9.66. The van der Waals surface area contributed by atoms with Crippen LogP contribution in [0.25, 0.3) is 10.3 Å². The van der Waals surface area contributed by atoms with Crippen LogP contribution in [0.15, 0.2) is 36.8 Å². The summed E-state index contributed by atoms with van der Waals surface area (Å²) in [6, 6.07) is 4.47. The molecule has 0 radical (unpaired) electrons. The summed E-state index contributed by atoms with van der Waals surface area (Å²) in [5, 5.41) is 8.04. The van der Waals surface area contributed by atoms with Crippen LogP contribution in [0.2, 0.25) is 5.02 Å². The van der Waals surface area contributed by atoms with Gasteiger partial charge in [0.25, 0.3) is 0 Å². The second-order valence-electron chi connectivity index (χ2n) is 5.96. The predicted molar refractivity (Wildman–Crippen MR) is 117 cm³/mol. The van der Waals surface area contributed by atoms with Crippen molar-refractivity contribution in [3.8, 4) is 0 Å². The van der Waals surface area contributed by atoms with Crippen LogP contribution in [0.1, 0.15) is 10.6 Å². The number of nitrogens with one attached hydrogen (secondary N) is 2. The van der Waals surface area contributed by atoms with E-state index in [1.165, 1.54) is 28.7 Å². The van der Waals surface area contributed by atoms with Gasteiger partial charge in [0.1, 0.15) is 10.3 Å². The maximum atomic E-state index is 12.5. The highest BCUT2D eigenvalue weighted by molar-refractivity contribution is 7.18. The molecular formula is C18H20ClN7O2S. The van der Waals surface area contributed by atoms with Crippen molar-refractivity contribution in [3.63, 3.8) is 0 Å². The van der Waals surface area contributed by atoms with E-state index in [0.717, 1.165) is 20.9 Å². The van der Waals surface area contributed by atoms with E-state index in [1.54, 1.807) is 31.5 Å². The molecule has 0 saturated heterocycles. The van der Waals surface area contributed by atoms with E-state index in [1.807, 2.05) is 6.92 Å². The molecule has 29 heavy (non-hydrogen) atoms. The van der Waals surface area contributed by atoms with Gasteiger partial charge in [-0.15, -0.1) is 0 Å². The summed E-state index contributed by atoms with van der Waals surface area (Å²) in [4.78, 5) is 22.2. The van der Waals surface area contributed by atoms with E-state index < -0.39 is 6.03 Å². The normalized spacial score (nSPS) is 11.2. The molecule has 1 aromatic carbocycles. The Hall–Kier alpha value is -2.92. The molecule has 0 bridgehead atoms. The summed E-state index contributed by atoms with van der Waals surface area (Å²) in [5.74, 6) is 5.81. The van der Waals surface area contributed by atoms with E-state index in [2.05, 4.69) is 20.6 Å². The molecule has 11 heteroatoms. The van der Waals surface area contributed by atoms with Gasteiger partial charge >= 0.3 is 6.03 Å². The fourth-order valence-corrected chi connectivity index (χ4v) is 3.74. The smallest absolute Gasteiger partial charge is 0.323 e. The highest BCUT2D eigenvalue weighted by atomic mass is 35.5. The number of benzene rings is 1. The number of anilines is 3. The lowest BCUT2D eigenvalue weighted by atomic mass is 10.2. The first kappa shape index (κ1) is 20.8. The SMILES string of the molecule is COCc1c(NC(=O)Nc2ccc(N(N)/C=C\N)c(Cl)c2)cnc2sc(C)nc12. The largest absolute Gasteiger partial charge is 0.403 e. The number of aryl methyl sites for hydroxylation is 1. The fraction of sp³-hybridized carbons (Fsp3) is 0.167. The van der Waals surface area contributed by atoms with Gasteiger partial charge in [0, 0.05) is 30.8 Å². The van der Waals surface area contributed by atoms with Crippen LogP contribution in [0.3, 0.4) is 0 Å². The second-order valence-corrected chi connectivity index (χ2v) is 7.55. The molecular weight excluding hydrogens is 414 g/mol. The molecule has 0 unspecified atom stereocenters. The monoisotopic (exact) mass is 433 g/mol. The topological polar surface area (TPSA) is 131 Å². The van der Waals surface area contributed by atoms with Crippen molar-refractivity contribution in [2.75, 3.05) is 22.8 Å². The highest BCUT2D eigenvalue weighted by Gasteiger charge is 2.15. The third-order valence-electron chi connectivity index (χ3n) is 3.91. The minimum atomic E-state index is -0.453. The van der Waals surface area contributed by atoms with Gasteiger partial charge in [-0.1, -0.05) is 22.9 Å². The number of nitrogens with two attached hydrogens (primary N) is 2. The summed E-state index contributed by atoms with van der Waals surface area (Å²) in [6.45, 7) is 2.20. The van der Waals surface area contributed by atoms with Crippen LogP contribution < -0.4 is 27.2 Å². The molecule has 0 aliphatic heterocycles. The van der Waals surface area contributed by atoms with E-state index in [0.29, 0.717) is 28.7 Å². The summed E-state index contributed by atoms with van der Waals surface area (Å²) >= 11 is 7.72. The molecule has 9 nitrogen and oxygen atoms in total. The summed E-state index contributed by atoms with van der Waals surface area (Å²) in [5.41, 5.74) is 8.36. The molecule has 3 aromatic rings. The van der Waals surface area contributed by atoms with Crippen LogP contribution in [-0.4, -0.2) is 23.1 Å². The molecule has 2 heterocycles. The summed E-state index contributed by atoms with van der Waals surface area (Å²) in [7, 11) is 1.58. The number of pyridine rings is 1. The third-order valence-corrected chi connectivity index (χ3v) is 5.09. The number of carbonyl (C=O) groups is 1. The Morgan fingerprint density at radius 2 is 2.21 bits per heavy atom. The number of methoxy groups -OCH3 is 1. The minimum Gasteiger partial charge on any atom is -0.403 e. The van der Waals surface area contributed by atoms with Gasteiger partial charge in [-0.2, -0.15) is 0 Å². The second kappa shape index (κ2) is 9.05. The lowest BCUT2D eigenvalue weighted by Gasteiger charge is -2.16. The lowest BCUT2D eigenvalue weighted by molar-refractivity contribution is 0.186. The predicted octanol–water partition coefficient (Wildman–Crippen LogP) is 3.55. The first-order valence-electron chi connectivity index (χ1n) is 8.46. The van der Waals surface area contributed by atoms with Gasteiger partial charge in [0.2, 0.25) is 0 Å². The van der Waals surface area contributed by atoms with Gasteiger partial charge < -0.3 is 21.1 Å². The Morgan fingerprint density at radius 3 is 2.90 bits per heavy atom. The number of nitrogens with zero attached hydrogens (tertiary/aromatic N) is 3. The molecule has 3 rings (SSSR count). The zero-order chi connectivity index (χ0) is 21.0. The quantitative estimate of drug-likeness (QED) is 0.345. The van der Waals surface area contributed by atoms with Gasteiger partial charge in [-0.25, -0.2) is 20.6 Å². The number of hydrogen-bond donors (Lipinski definition) is 4. The number of fused-ring (bicyclic) bond motifs is 1. The molecule has 152 valence electrons. The van der Waals surface area contributed by atoms with Crippen LogP contribution in [-0.2, 0) is 11.3 Å². The van der Waals surface area contributed by atoms with E-state index in [9.17, 15) is 4.79 Å². The van der Waals surface area contributed by atoms with Gasteiger partial charge in [-0.3, -0.25) is 5.01 Å². The molecule has 6 N–H and O–H groups in total. The third kappa shape index (κ3) is 4.74. The Bertz CT molecular complexity index is 1070. The number of hydrazine groups is 1. The van der Waals surface area contributed by atoms with Crippen LogP contribution in [0.4, 0.5) is 21.9 Å². The molecule has 0 saturated carbocycles. The number of amides is 2. The summed E-state index contributed by atoms with van der Waals surface area (Å²) in [6.07, 6.45) is 4.35. The van der Waals surface area contributed by atoms with Crippen molar-refractivity contribution in [2.45, 2.75) is 13.5 Å². The van der Waals surface area contributed by atoms with Gasteiger partial charge in [0.05, 0.1) is 34.2 Å². The standard InChI is InChI=1S/C18H20ClN7O2S/c1-10-23-16-12(9-28-2)14(8-22-17(16)29-10)25-18(27)24-11-3-4-15(13(19)7-11)26(21)6-5-20/h3-8H,9,20-21H2,1-2H3,(H2,24,25,27)/b6-5-. The van der Waals surface area contributed by atoms with Crippen LogP contribution in [0, 0.1) is 6.92 Å². The molecule has 2 amide bonds. The molecule has 0 spiro atoms. The number of thiazole rings is 1. The molecule has 0 fully saturated rings. The fourth-order valence-electron chi connectivity index (χ4n) is 2.68. The number of ether oxygens (including phenoxy) is 1. The van der Waals surface area contributed by atoms with Crippen molar-refractivity contribution < 1.29 is 9.53 Å². The van der Waals surface area contributed by atoms with Crippen LogP contribution in [0.5, 0.6) is 0 Å². The van der Waals surface area contributed by atoms with Crippen molar-refractivity contribution in [1.82, 2.24) is 9.97 Å². The molecule has 0 atom stereocenters. The average molecular weight is 434 g/mol. The lowest BCUT2D eigenvalue weighted by Crippen LogP contribution is -2.25. The number of halogens is 1. The van der Waals surface area contributed by atoms with Gasteiger partial charge in [-0.05, 0) is 25.1 Å². The van der Waals surface area contributed by atoms with Crippen LogP contribution >= 0.6 is 22.9 Å². The molecule has 0 aliphatic carbocycles. The maximum Gasteiger partial charge on any atom is 0.323 e. The number of hydrogen-bond acceptors (Lipinski definition) is 8. The van der Waals surface area contributed by atoms with E-state index in [-0.39, 0.29) is 0 Å². The highest BCUT2D eigenvalue weighted by Crippen LogP contribution is 2.30. The maximum absolute atomic E-state index is 12.5. The zero-order valence-corrected chi connectivity index (χ0v) is 17.3.